The number of anilines is 1. The lowest BCUT2D eigenvalue weighted by Gasteiger charge is -2.06. The Morgan fingerprint density at radius 3 is 2.61 bits per heavy atom. The Labute approximate surface area is 113 Å². The number of halogens is 1. The van der Waals surface area contributed by atoms with E-state index in [9.17, 15) is 9.59 Å². The standard InChI is InChI=1S/C12H11ClN2O2S/c1-7-10(18-12(17)15(7)2)11(16)14-9-6-4-3-5-8(9)13/h3-6H,1-2H3,(H,14,16). The molecule has 4 nitrogen and oxygen atoms in total. The molecule has 1 aromatic carbocycles. The fourth-order valence-corrected chi connectivity index (χ4v) is 2.53. The Morgan fingerprint density at radius 1 is 1.39 bits per heavy atom. The second-order valence-corrected chi connectivity index (χ2v) is 5.14. The van der Waals surface area contributed by atoms with Crippen molar-refractivity contribution in [2.45, 2.75) is 6.92 Å². The van der Waals surface area contributed by atoms with Gasteiger partial charge in [0.25, 0.3) is 5.91 Å². The first kappa shape index (κ1) is 12.9. The van der Waals surface area contributed by atoms with Crippen LogP contribution in [0.4, 0.5) is 5.69 Å². The van der Waals surface area contributed by atoms with E-state index in [1.54, 1.807) is 38.2 Å². The lowest BCUT2D eigenvalue weighted by Crippen LogP contribution is -2.13. The van der Waals surface area contributed by atoms with Crippen molar-refractivity contribution in [2.75, 3.05) is 5.32 Å². The monoisotopic (exact) mass is 282 g/mol. The predicted octanol–water partition coefficient (Wildman–Crippen LogP) is 2.66. The zero-order valence-electron chi connectivity index (χ0n) is 9.86. The summed E-state index contributed by atoms with van der Waals surface area (Å²) in [5.74, 6) is -0.316. The normalized spacial score (nSPS) is 10.4. The number of para-hydroxylation sites is 1. The molecule has 2 aromatic rings. The van der Waals surface area contributed by atoms with Gasteiger partial charge in [0.2, 0.25) is 0 Å². The van der Waals surface area contributed by atoms with E-state index in [-0.39, 0.29) is 10.8 Å². The van der Waals surface area contributed by atoms with Crippen molar-refractivity contribution in [2.24, 2.45) is 7.05 Å². The lowest BCUT2D eigenvalue weighted by molar-refractivity contribution is 0.102. The van der Waals surface area contributed by atoms with E-state index in [1.165, 1.54) is 4.57 Å². The van der Waals surface area contributed by atoms with Gasteiger partial charge < -0.3 is 9.88 Å². The highest BCUT2D eigenvalue weighted by Gasteiger charge is 2.16. The zero-order valence-corrected chi connectivity index (χ0v) is 11.4. The van der Waals surface area contributed by atoms with Gasteiger partial charge in [-0.15, -0.1) is 0 Å². The molecule has 0 aliphatic carbocycles. The van der Waals surface area contributed by atoms with E-state index in [2.05, 4.69) is 5.32 Å². The van der Waals surface area contributed by atoms with Gasteiger partial charge in [0.05, 0.1) is 10.7 Å². The van der Waals surface area contributed by atoms with Crippen LogP contribution < -0.4 is 10.2 Å². The number of amides is 1. The fraction of sp³-hybridized carbons (Fsp3) is 0.167. The van der Waals surface area contributed by atoms with Crippen LogP contribution in [-0.4, -0.2) is 10.5 Å². The van der Waals surface area contributed by atoms with Gasteiger partial charge in [-0.1, -0.05) is 35.1 Å². The number of benzene rings is 1. The number of nitrogens with one attached hydrogen (secondary N) is 1. The second-order valence-electron chi connectivity index (χ2n) is 3.78. The molecule has 1 N–H and O–H groups in total. The maximum absolute atomic E-state index is 12.0. The number of hydrogen-bond acceptors (Lipinski definition) is 3. The molecule has 2 rings (SSSR count). The average molecular weight is 283 g/mol. The Kier molecular flexibility index (Phi) is 3.54. The number of carbonyl (C=O) groups excluding carboxylic acids is 1. The molecule has 1 heterocycles. The summed E-state index contributed by atoms with van der Waals surface area (Å²) in [5, 5.41) is 3.16. The SMILES string of the molecule is Cc1c(C(=O)Nc2ccccc2Cl)sc(=O)n1C. The minimum atomic E-state index is -0.316. The highest BCUT2D eigenvalue weighted by Crippen LogP contribution is 2.22. The summed E-state index contributed by atoms with van der Waals surface area (Å²) >= 11 is 6.88. The van der Waals surface area contributed by atoms with Crippen LogP contribution >= 0.6 is 22.9 Å². The largest absolute Gasteiger partial charge is 0.320 e. The van der Waals surface area contributed by atoms with Gasteiger partial charge in [-0.3, -0.25) is 9.59 Å². The van der Waals surface area contributed by atoms with Crippen LogP contribution in [0, 0.1) is 6.92 Å². The summed E-state index contributed by atoms with van der Waals surface area (Å²) in [6.07, 6.45) is 0. The lowest BCUT2D eigenvalue weighted by atomic mass is 10.3. The third kappa shape index (κ3) is 2.32. The van der Waals surface area contributed by atoms with Crippen molar-refractivity contribution < 1.29 is 4.79 Å². The topological polar surface area (TPSA) is 51.1 Å². The Morgan fingerprint density at radius 2 is 2.06 bits per heavy atom. The molecular weight excluding hydrogens is 272 g/mol. The van der Waals surface area contributed by atoms with Crippen LogP contribution in [0.25, 0.3) is 0 Å². The Bertz CT molecular complexity index is 660. The zero-order chi connectivity index (χ0) is 13.3. The maximum Gasteiger partial charge on any atom is 0.307 e. The molecule has 0 bridgehead atoms. The number of thiazole rings is 1. The number of carbonyl (C=O) groups is 1. The summed E-state index contributed by atoms with van der Waals surface area (Å²) in [5.41, 5.74) is 1.18. The molecule has 94 valence electrons. The highest BCUT2D eigenvalue weighted by molar-refractivity contribution is 7.11. The van der Waals surface area contributed by atoms with Gasteiger partial charge in [0.15, 0.2) is 0 Å². The van der Waals surface area contributed by atoms with E-state index in [1.807, 2.05) is 0 Å². The Hall–Kier alpha value is -1.59. The van der Waals surface area contributed by atoms with Gasteiger partial charge in [0.1, 0.15) is 4.88 Å². The van der Waals surface area contributed by atoms with Gasteiger partial charge in [-0.2, -0.15) is 0 Å². The first-order chi connectivity index (χ1) is 8.50. The third-order valence-corrected chi connectivity index (χ3v) is 4.09. The highest BCUT2D eigenvalue weighted by atomic mass is 35.5. The van der Waals surface area contributed by atoms with Crippen LogP contribution in [0.1, 0.15) is 15.4 Å². The number of aromatic nitrogens is 1. The summed E-state index contributed by atoms with van der Waals surface area (Å²) < 4.78 is 1.45. The van der Waals surface area contributed by atoms with Crippen molar-refractivity contribution in [3.05, 3.63) is 49.5 Å². The molecule has 0 saturated carbocycles. The molecular formula is C12H11ClN2O2S. The predicted molar refractivity (Wildman–Crippen MR) is 73.7 cm³/mol. The molecule has 1 aromatic heterocycles. The summed E-state index contributed by atoms with van der Waals surface area (Å²) in [6, 6.07) is 6.96. The number of hydrogen-bond donors (Lipinski definition) is 1. The van der Waals surface area contributed by atoms with Gasteiger partial charge in [-0.25, -0.2) is 0 Å². The van der Waals surface area contributed by atoms with Gasteiger partial charge >= 0.3 is 4.87 Å². The maximum atomic E-state index is 12.0. The van der Waals surface area contributed by atoms with Crippen LogP contribution in [0.2, 0.25) is 5.02 Å². The summed E-state index contributed by atoms with van der Waals surface area (Å²) in [6.45, 7) is 1.74. The molecule has 0 aliphatic rings. The van der Waals surface area contributed by atoms with E-state index in [4.69, 9.17) is 11.6 Å². The van der Waals surface area contributed by atoms with E-state index in [0.29, 0.717) is 21.3 Å². The molecule has 6 heteroatoms. The van der Waals surface area contributed by atoms with E-state index < -0.39 is 0 Å². The smallest absolute Gasteiger partial charge is 0.307 e. The quantitative estimate of drug-likeness (QED) is 0.921. The van der Waals surface area contributed by atoms with Crippen LogP contribution in [0.15, 0.2) is 29.1 Å². The minimum absolute atomic E-state index is 0.156. The minimum Gasteiger partial charge on any atom is -0.320 e. The van der Waals surface area contributed by atoms with Crippen LogP contribution in [-0.2, 0) is 7.05 Å². The molecule has 0 spiro atoms. The van der Waals surface area contributed by atoms with Crippen LogP contribution in [0.3, 0.4) is 0 Å². The van der Waals surface area contributed by atoms with Crippen LogP contribution in [0.5, 0.6) is 0 Å². The van der Waals surface area contributed by atoms with E-state index in [0.717, 1.165) is 11.3 Å². The van der Waals surface area contributed by atoms with Crippen molar-refractivity contribution >= 4 is 34.5 Å². The molecule has 0 atom stereocenters. The molecule has 0 unspecified atom stereocenters. The van der Waals surface area contributed by atoms with Gasteiger partial charge in [-0.05, 0) is 19.1 Å². The number of rotatable bonds is 2. The summed E-state index contributed by atoms with van der Waals surface area (Å²) in [4.78, 5) is 23.8. The molecule has 0 radical (unpaired) electrons. The Balaban J connectivity index is 2.31. The summed E-state index contributed by atoms with van der Waals surface area (Å²) in [7, 11) is 1.64. The van der Waals surface area contributed by atoms with Crippen molar-refractivity contribution in [3.8, 4) is 0 Å². The third-order valence-electron chi connectivity index (χ3n) is 2.62. The van der Waals surface area contributed by atoms with Crippen molar-refractivity contribution in [3.63, 3.8) is 0 Å². The molecule has 0 fully saturated rings. The second kappa shape index (κ2) is 4.96. The van der Waals surface area contributed by atoms with E-state index >= 15 is 0 Å². The van der Waals surface area contributed by atoms with Crippen molar-refractivity contribution in [1.29, 1.82) is 0 Å². The average Bonchev–Trinajstić information content (AvgIpc) is 2.60. The first-order valence-corrected chi connectivity index (χ1v) is 6.42. The fourth-order valence-electron chi connectivity index (χ4n) is 1.47. The van der Waals surface area contributed by atoms with Crippen molar-refractivity contribution in [1.82, 2.24) is 4.57 Å². The first-order valence-electron chi connectivity index (χ1n) is 5.23. The number of nitrogens with zero attached hydrogens (tertiary/aromatic N) is 1. The molecule has 0 aliphatic heterocycles. The molecule has 18 heavy (non-hydrogen) atoms. The van der Waals surface area contributed by atoms with Gasteiger partial charge in [0, 0.05) is 12.7 Å². The molecule has 0 saturated heterocycles. The molecule has 1 amide bonds.